The van der Waals surface area contributed by atoms with Gasteiger partial charge in [0.25, 0.3) is 5.91 Å². The Morgan fingerprint density at radius 3 is 2.03 bits per heavy atom. The minimum absolute atomic E-state index is 0.0494. The Bertz CT molecular complexity index is 699. The van der Waals surface area contributed by atoms with E-state index in [-0.39, 0.29) is 5.91 Å². The minimum atomic E-state index is 0.0494. The normalized spacial score (nSPS) is 26.3. The first kappa shape index (κ1) is 24.1. The van der Waals surface area contributed by atoms with Gasteiger partial charge in [-0.15, -0.1) is 0 Å². The number of likely N-dealkylation sites (N-methyl/N-ethyl adjacent to an activating group) is 1. The summed E-state index contributed by atoms with van der Waals surface area (Å²) in [7, 11) is 1.86. The van der Waals surface area contributed by atoms with E-state index < -0.39 is 0 Å². The molecule has 0 unspecified atom stereocenters. The third kappa shape index (κ3) is 6.96. The number of nitrogens with zero attached hydrogens (tertiary/aromatic N) is 1. The molecule has 2 nitrogen and oxygen atoms in total. The number of anilines is 1. The average Bonchev–Trinajstić information content (AvgIpc) is 2.79. The Morgan fingerprint density at radius 1 is 0.903 bits per heavy atom. The minimum Gasteiger partial charge on any atom is -0.312 e. The summed E-state index contributed by atoms with van der Waals surface area (Å²) in [5.41, 5.74) is 3.48. The van der Waals surface area contributed by atoms with Crippen molar-refractivity contribution >= 4 is 11.6 Å². The molecule has 2 saturated carbocycles. The number of benzene rings is 1. The van der Waals surface area contributed by atoms with Crippen LogP contribution in [0.2, 0.25) is 0 Å². The monoisotopic (exact) mass is 423 g/mol. The number of carbonyl (C=O) groups excluding carboxylic acids is 1. The summed E-state index contributed by atoms with van der Waals surface area (Å²) in [5.74, 6) is 3.75. The molecule has 0 aromatic heterocycles. The zero-order valence-electron chi connectivity index (χ0n) is 20.5. The Labute approximate surface area is 191 Å². The fourth-order valence-corrected chi connectivity index (χ4v) is 6.00. The molecule has 1 aromatic carbocycles. The van der Waals surface area contributed by atoms with Crippen molar-refractivity contribution in [2.24, 2.45) is 17.8 Å². The third-order valence-electron chi connectivity index (χ3n) is 8.04. The first-order chi connectivity index (χ1) is 15.0. The molecule has 0 heterocycles. The highest BCUT2D eigenvalue weighted by Crippen LogP contribution is 2.44. The van der Waals surface area contributed by atoms with E-state index in [4.69, 9.17) is 0 Å². The molecule has 1 aromatic rings. The van der Waals surface area contributed by atoms with Crippen LogP contribution in [0.5, 0.6) is 0 Å². The number of hydrogen-bond donors (Lipinski definition) is 0. The third-order valence-corrected chi connectivity index (χ3v) is 8.04. The van der Waals surface area contributed by atoms with Crippen LogP contribution in [-0.2, 0) is 4.79 Å². The van der Waals surface area contributed by atoms with Gasteiger partial charge < -0.3 is 4.90 Å². The maximum atomic E-state index is 12.3. The van der Waals surface area contributed by atoms with Gasteiger partial charge in [0.05, 0.1) is 0 Å². The molecule has 2 fully saturated rings. The van der Waals surface area contributed by atoms with E-state index in [1.165, 1.54) is 82.6 Å². The van der Waals surface area contributed by atoms with Gasteiger partial charge in [-0.1, -0.05) is 63.2 Å². The van der Waals surface area contributed by atoms with Crippen LogP contribution in [0.25, 0.3) is 0 Å². The number of unbranched alkanes of at least 4 members (excludes halogenated alkanes) is 2. The van der Waals surface area contributed by atoms with E-state index in [1.54, 1.807) is 11.0 Å². The maximum Gasteiger partial charge on any atom is 0.250 e. The fraction of sp³-hybridized carbons (Fsp3) is 0.690. The van der Waals surface area contributed by atoms with Crippen LogP contribution in [0.3, 0.4) is 0 Å². The quantitative estimate of drug-likeness (QED) is 0.304. The first-order valence-electron chi connectivity index (χ1n) is 13.0. The van der Waals surface area contributed by atoms with Gasteiger partial charge in [-0.25, -0.2) is 0 Å². The summed E-state index contributed by atoms with van der Waals surface area (Å²) in [5, 5.41) is 0. The molecule has 2 aliphatic rings. The number of carbonyl (C=O) groups is 1. The molecular formula is C29H45NO. The van der Waals surface area contributed by atoms with E-state index in [2.05, 4.69) is 31.2 Å². The van der Waals surface area contributed by atoms with Crippen molar-refractivity contribution in [3.05, 3.63) is 41.5 Å². The Morgan fingerprint density at radius 2 is 1.48 bits per heavy atom. The van der Waals surface area contributed by atoms with Crippen LogP contribution in [0.15, 0.2) is 35.9 Å². The van der Waals surface area contributed by atoms with Gasteiger partial charge in [-0.05, 0) is 93.7 Å². The highest BCUT2D eigenvalue weighted by molar-refractivity contribution is 6.01. The van der Waals surface area contributed by atoms with Gasteiger partial charge in [-0.2, -0.15) is 0 Å². The summed E-state index contributed by atoms with van der Waals surface area (Å²) in [6.07, 6.45) is 18.9. The standard InChI is InChI=1S/C29H45NO/c1-5-6-7-8-23-9-11-24(12-10-23)25-13-15-26(16-14-25)27-17-19-28(20-18-27)30(4)29(31)21-22(2)3/h17-21,23-26H,5-16H2,1-4H3. The highest BCUT2D eigenvalue weighted by atomic mass is 16.2. The van der Waals surface area contributed by atoms with Gasteiger partial charge in [0.15, 0.2) is 0 Å². The van der Waals surface area contributed by atoms with Crippen molar-refractivity contribution in [3.63, 3.8) is 0 Å². The Kier molecular flexibility index (Phi) is 9.23. The fourth-order valence-electron chi connectivity index (χ4n) is 6.00. The number of allylic oxidation sites excluding steroid dienone is 1. The van der Waals surface area contributed by atoms with Crippen LogP contribution in [0.1, 0.15) is 109 Å². The highest BCUT2D eigenvalue weighted by Gasteiger charge is 2.31. The summed E-state index contributed by atoms with van der Waals surface area (Å²) in [6.45, 7) is 6.24. The molecule has 2 heteroatoms. The molecule has 0 atom stereocenters. The van der Waals surface area contributed by atoms with Crippen LogP contribution >= 0.6 is 0 Å². The predicted octanol–water partition coefficient (Wildman–Crippen LogP) is 8.28. The molecule has 2 aliphatic carbocycles. The maximum absolute atomic E-state index is 12.3. The van der Waals surface area contributed by atoms with E-state index in [9.17, 15) is 4.79 Å². The van der Waals surface area contributed by atoms with Crippen LogP contribution in [-0.4, -0.2) is 13.0 Å². The molecule has 3 rings (SSSR count). The molecule has 0 radical (unpaired) electrons. The molecular weight excluding hydrogens is 378 g/mol. The van der Waals surface area contributed by atoms with E-state index in [1.807, 2.05) is 20.9 Å². The Hall–Kier alpha value is -1.57. The molecule has 0 spiro atoms. The predicted molar refractivity (Wildman–Crippen MR) is 134 cm³/mol. The molecule has 1 amide bonds. The van der Waals surface area contributed by atoms with Crippen LogP contribution < -0.4 is 4.90 Å². The van der Waals surface area contributed by atoms with Crippen molar-refractivity contribution in [1.29, 1.82) is 0 Å². The zero-order chi connectivity index (χ0) is 22.2. The molecule has 0 N–H and O–H groups in total. The molecule has 172 valence electrons. The smallest absolute Gasteiger partial charge is 0.250 e. The average molecular weight is 424 g/mol. The van der Waals surface area contributed by atoms with Gasteiger partial charge >= 0.3 is 0 Å². The lowest BCUT2D eigenvalue weighted by molar-refractivity contribution is -0.113. The second-order valence-electron chi connectivity index (χ2n) is 10.6. The zero-order valence-corrected chi connectivity index (χ0v) is 20.5. The second-order valence-corrected chi connectivity index (χ2v) is 10.6. The second kappa shape index (κ2) is 11.9. The van der Waals surface area contributed by atoms with Crippen molar-refractivity contribution < 1.29 is 4.79 Å². The lowest BCUT2D eigenvalue weighted by Crippen LogP contribution is -2.25. The van der Waals surface area contributed by atoms with Gasteiger partial charge in [0, 0.05) is 18.8 Å². The molecule has 31 heavy (non-hydrogen) atoms. The van der Waals surface area contributed by atoms with Gasteiger partial charge in [0.2, 0.25) is 0 Å². The molecule has 0 aliphatic heterocycles. The summed E-state index contributed by atoms with van der Waals surface area (Å²) >= 11 is 0. The van der Waals surface area contributed by atoms with Gasteiger partial charge in [-0.3, -0.25) is 4.79 Å². The van der Waals surface area contributed by atoms with Gasteiger partial charge in [0.1, 0.15) is 0 Å². The lowest BCUT2D eigenvalue weighted by atomic mass is 9.68. The summed E-state index contributed by atoms with van der Waals surface area (Å²) in [6, 6.07) is 8.76. The number of hydrogen-bond acceptors (Lipinski definition) is 1. The SMILES string of the molecule is CCCCCC1CCC(C2CCC(c3ccc(N(C)C(=O)C=C(C)C)cc3)CC2)CC1. The van der Waals surface area contributed by atoms with E-state index in [0.29, 0.717) is 5.92 Å². The Balaban J connectivity index is 1.45. The first-order valence-corrected chi connectivity index (χ1v) is 13.0. The number of amides is 1. The largest absolute Gasteiger partial charge is 0.312 e. The van der Waals surface area contributed by atoms with Crippen molar-refractivity contribution in [3.8, 4) is 0 Å². The van der Waals surface area contributed by atoms with E-state index in [0.717, 1.165) is 29.0 Å². The summed E-state index contributed by atoms with van der Waals surface area (Å²) < 4.78 is 0. The molecule has 0 bridgehead atoms. The van der Waals surface area contributed by atoms with E-state index >= 15 is 0 Å². The topological polar surface area (TPSA) is 20.3 Å². The summed E-state index contributed by atoms with van der Waals surface area (Å²) in [4.78, 5) is 14.0. The van der Waals surface area contributed by atoms with Crippen molar-refractivity contribution in [2.45, 2.75) is 104 Å². The lowest BCUT2D eigenvalue weighted by Gasteiger charge is -2.38. The van der Waals surface area contributed by atoms with Crippen molar-refractivity contribution in [1.82, 2.24) is 0 Å². The van der Waals surface area contributed by atoms with Crippen LogP contribution in [0.4, 0.5) is 5.69 Å². The molecule has 0 saturated heterocycles. The van der Waals surface area contributed by atoms with Crippen molar-refractivity contribution in [2.75, 3.05) is 11.9 Å². The number of rotatable bonds is 8. The van der Waals surface area contributed by atoms with Crippen LogP contribution in [0, 0.1) is 17.8 Å².